The molecule has 0 heterocycles. The molecule has 2 N–H and O–H groups in total. The van der Waals surface area contributed by atoms with Crippen molar-refractivity contribution in [2.75, 3.05) is 10.6 Å². The summed E-state index contributed by atoms with van der Waals surface area (Å²) in [5.74, 6) is -0.380. The minimum atomic E-state index is -0.380. The molecule has 0 spiro atoms. The highest BCUT2D eigenvalue weighted by molar-refractivity contribution is 7.80. The molecule has 2 aromatic carbocycles. The summed E-state index contributed by atoms with van der Waals surface area (Å²) in [4.78, 5) is 0. The van der Waals surface area contributed by atoms with Crippen molar-refractivity contribution in [3.63, 3.8) is 0 Å². The molecule has 2 aromatic rings. The van der Waals surface area contributed by atoms with Gasteiger partial charge >= 0.3 is 0 Å². The normalized spacial score (nSPS) is 10.2. The summed E-state index contributed by atoms with van der Waals surface area (Å²) in [6.45, 7) is 4.01. The lowest BCUT2D eigenvalue weighted by Crippen LogP contribution is -2.20. The first kappa shape index (κ1) is 14.8. The van der Waals surface area contributed by atoms with Gasteiger partial charge in [-0.15, -0.1) is 0 Å². The Morgan fingerprint density at radius 3 is 2.35 bits per heavy atom. The predicted molar refractivity (Wildman–Crippen MR) is 87.2 cm³/mol. The van der Waals surface area contributed by atoms with Crippen LogP contribution in [0.3, 0.4) is 0 Å². The molecule has 0 aliphatic heterocycles. The summed E-state index contributed by atoms with van der Waals surface area (Å²) in [5, 5.41) is 6.80. The monoisotopic (exact) mass is 308 g/mol. The molecule has 0 bridgehead atoms. The third-order valence-corrected chi connectivity index (χ3v) is 3.42. The van der Waals surface area contributed by atoms with E-state index in [1.165, 1.54) is 12.1 Å². The highest BCUT2D eigenvalue weighted by Gasteiger charge is 2.07. The maximum atomic E-state index is 13.0. The second-order valence-corrected chi connectivity index (χ2v) is 5.29. The SMILES string of the molecule is Cc1cccc(C)c1NC(=S)Nc1ccc(F)cc1Cl. The molecule has 5 heteroatoms. The Labute approximate surface area is 128 Å². The number of aryl methyl sites for hydroxylation is 2. The van der Waals surface area contributed by atoms with Crippen molar-refractivity contribution in [2.24, 2.45) is 0 Å². The molecule has 104 valence electrons. The zero-order valence-electron chi connectivity index (χ0n) is 11.1. The molecule has 0 amide bonds. The summed E-state index contributed by atoms with van der Waals surface area (Å²) in [5.41, 5.74) is 3.72. The van der Waals surface area contributed by atoms with Crippen LogP contribution in [0.5, 0.6) is 0 Å². The number of rotatable bonds is 2. The van der Waals surface area contributed by atoms with Crippen LogP contribution in [0.15, 0.2) is 36.4 Å². The van der Waals surface area contributed by atoms with Crippen molar-refractivity contribution in [3.8, 4) is 0 Å². The van der Waals surface area contributed by atoms with Gasteiger partial charge in [-0.25, -0.2) is 4.39 Å². The topological polar surface area (TPSA) is 24.1 Å². The summed E-state index contributed by atoms with van der Waals surface area (Å²) < 4.78 is 13.0. The molecule has 0 saturated carbocycles. The van der Waals surface area contributed by atoms with E-state index >= 15 is 0 Å². The van der Waals surface area contributed by atoms with Crippen molar-refractivity contribution in [3.05, 3.63) is 58.4 Å². The van der Waals surface area contributed by atoms with Crippen molar-refractivity contribution in [1.82, 2.24) is 0 Å². The zero-order valence-corrected chi connectivity index (χ0v) is 12.7. The van der Waals surface area contributed by atoms with Gasteiger partial charge in [0, 0.05) is 5.69 Å². The smallest absolute Gasteiger partial charge is 0.175 e. The molecule has 0 aliphatic rings. The largest absolute Gasteiger partial charge is 0.332 e. The average Bonchev–Trinajstić information content (AvgIpc) is 2.37. The van der Waals surface area contributed by atoms with E-state index in [1.54, 1.807) is 6.07 Å². The standard InChI is InChI=1S/C15H14ClFN2S/c1-9-4-3-5-10(2)14(9)19-15(20)18-13-7-6-11(17)8-12(13)16/h3-8H,1-2H3,(H2,18,19,20). The van der Waals surface area contributed by atoms with Crippen LogP contribution < -0.4 is 10.6 Å². The fraction of sp³-hybridized carbons (Fsp3) is 0.133. The number of para-hydroxylation sites is 1. The van der Waals surface area contributed by atoms with E-state index in [1.807, 2.05) is 32.0 Å². The van der Waals surface area contributed by atoms with Crippen molar-refractivity contribution < 1.29 is 4.39 Å². The third-order valence-electron chi connectivity index (χ3n) is 2.90. The number of thiocarbonyl (C=S) groups is 1. The second-order valence-electron chi connectivity index (χ2n) is 4.47. The molecule has 2 rings (SSSR count). The number of hydrogen-bond acceptors (Lipinski definition) is 1. The van der Waals surface area contributed by atoms with Gasteiger partial charge in [-0.05, 0) is 55.4 Å². The van der Waals surface area contributed by atoms with Gasteiger partial charge in [-0.1, -0.05) is 29.8 Å². The van der Waals surface area contributed by atoms with Crippen molar-refractivity contribution in [2.45, 2.75) is 13.8 Å². The molecule has 0 saturated heterocycles. The molecule has 0 aliphatic carbocycles. The Morgan fingerprint density at radius 2 is 1.75 bits per heavy atom. The molecular weight excluding hydrogens is 295 g/mol. The lowest BCUT2D eigenvalue weighted by Gasteiger charge is -2.15. The molecule has 2 nitrogen and oxygen atoms in total. The maximum Gasteiger partial charge on any atom is 0.175 e. The number of hydrogen-bond donors (Lipinski definition) is 2. The fourth-order valence-corrected chi connectivity index (χ4v) is 2.30. The zero-order chi connectivity index (χ0) is 14.7. The molecular formula is C15H14ClFN2S. The van der Waals surface area contributed by atoms with Gasteiger partial charge in [0.1, 0.15) is 5.82 Å². The van der Waals surface area contributed by atoms with Crippen LogP contribution >= 0.6 is 23.8 Å². The first-order valence-corrected chi connectivity index (χ1v) is 6.85. The van der Waals surface area contributed by atoms with E-state index in [0.29, 0.717) is 10.8 Å². The number of anilines is 2. The van der Waals surface area contributed by atoms with E-state index < -0.39 is 0 Å². The Hall–Kier alpha value is -1.65. The van der Waals surface area contributed by atoms with Crippen LogP contribution in [0.4, 0.5) is 15.8 Å². The molecule has 0 unspecified atom stereocenters. The van der Waals surface area contributed by atoms with Crippen LogP contribution in [0.2, 0.25) is 5.02 Å². The van der Waals surface area contributed by atoms with Crippen LogP contribution in [0.1, 0.15) is 11.1 Å². The molecule has 20 heavy (non-hydrogen) atoms. The summed E-state index contributed by atoms with van der Waals surface area (Å²) in [6, 6.07) is 10.1. The van der Waals surface area contributed by atoms with E-state index in [4.69, 9.17) is 23.8 Å². The van der Waals surface area contributed by atoms with Gasteiger partial charge in [0.25, 0.3) is 0 Å². The van der Waals surface area contributed by atoms with Gasteiger partial charge < -0.3 is 10.6 Å². The molecule has 0 atom stereocenters. The number of nitrogens with one attached hydrogen (secondary N) is 2. The van der Waals surface area contributed by atoms with Gasteiger partial charge in [-0.2, -0.15) is 0 Å². The Bertz CT molecular complexity index is 638. The molecule has 0 aromatic heterocycles. The second kappa shape index (κ2) is 6.20. The van der Waals surface area contributed by atoms with Crippen molar-refractivity contribution >= 4 is 40.3 Å². The average molecular weight is 309 g/mol. The predicted octanol–water partition coefficient (Wildman–Crippen LogP) is 4.90. The minimum Gasteiger partial charge on any atom is -0.332 e. The number of halogens is 2. The Morgan fingerprint density at radius 1 is 1.10 bits per heavy atom. The van der Waals surface area contributed by atoms with E-state index in [9.17, 15) is 4.39 Å². The van der Waals surface area contributed by atoms with Crippen molar-refractivity contribution in [1.29, 1.82) is 0 Å². The maximum absolute atomic E-state index is 13.0. The summed E-state index contributed by atoms with van der Waals surface area (Å²) in [7, 11) is 0. The van der Waals surface area contributed by atoms with Gasteiger partial charge in [-0.3, -0.25) is 0 Å². The highest BCUT2D eigenvalue weighted by atomic mass is 35.5. The first-order chi connectivity index (χ1) is 9.47. The molecule has 0 radical (unpaired) electrons. The first-order valence-electron chi connectivity index (χ1n) is 6.06. The van der Waals surface area contributed by atoms with Gasteiger partial charge in [0.05, 0.1) is 10.7 Å². The summed E-state index contributed by atoms with van der Waals surface area (Å²) >= 11 is 11.2. The fourth-order valence-electron chi connectivity index (χ4n) is 1.87. The van der Waals surface area contributed by atoms with Crippen LogP contribution in [-0.4, -0.2) is 5.11 Å². The Balaban J connectivity index is 2.13. The van der Waals surface area contributed by atoms with E-state index in [-0.39, 0.29) is 10.8 Å². The lowest BCUT2D eigenvalue weighted by molar-refractivity contribution is 0.628. The highest BCUT2D eigenvalue weighted by Crippen LogP contribution is 2.24. The Kier molecular flexibility index (Phi) is 4.57. The van der Waals surface area contributed by atoms with Crippen LogP contribution in [-0.2, 0) is 0 Å². The van der Waals surface area contributed by atoms with Gasteiger partial charge in [0.15, 0.2) is 5.11 Å². The number of benzene rings is 2. The lowest BCUT2D eigenvalue weighted by atomic mass is 10.1. The van der Waals surface area contributed by atoms with E-state index in [0.717, 1.165) is 16.8 Å². The van der Waals surface area contributed by atoms with Crippen LogP contribution in [0, 0.1) is 19.7 Å². The quantitative estimate of drug-likeness (QED) is 0.771. The van der Waals surface area contributed by atoms with E-state index in [2.05, 4.69) is 10.6 Å². The summed E-state index contributed by atoms with van der Waals surface area (Å²) in [6.07, 6.45) is 0. The third kappa shape index (κ3) is 3.46. The minimum absolute atomic E-state index is 0.288. The van der Waals surface area contributed by atoms with Crippen LogP contribution in [0.25, 0.3) is 0 Å². The molecule has 0 fully saturated rings. The van der Waals surface area contributed by atoms with Gasteiger partial charge in [0.2, 0.25) is 0 Å².